The topological polar surface area (TPSA) is 54.2 Å². The van der Waals surface area contributed by atoms with Crippen molar-refractivity contribution in [3.63, 3.8) is 0 Å². The minimum Gasteiger partial charge on any atom is -0.357 e. The molecule has 0 aliphatic heterocycles. The maximum atomic E-state index is 4.74. The van der Waals surface area contributed by atoms with E-state index >= 15 is 0 Å². The molecule has 6 heteroatoms. The van der Waals surface area contributed by atoms with Gasteiger partial charge in [-0.2, -0.15) is 0 Å². The SMILES string of the molecule is CCNC(=NCc1ccc(Cn2ccnc2)cc1)NCC(C)Sc1ccccc1. The monoisotopic (exact) mass is 407 g/mol. The quantitative estimate of drug-likeness (QED) is 0.318. The summed E-state index contributed by atoms with van der Waals surface area (Å²) in [6, 6.07) is 19.1. The van der Waals surface area contributed by atoms with Gasteiger partial charge in [0.1, 0.15) is 0 Å². The van der Waals surface area contributed by atoms with Gasteiger partial charge in [-0.3, -0.25) is 0 Å². The molecular formula is C23H29N5S. The summed E-state index contributed by atoms with van der Waals surface area (Å²) < 4.78 is 2.06. The highest BCUT2D eigenvalue weighted by molar-refractivity contribution is 8.00. The molecule has 5 nitrogen and oxygen atoms in total. The van der Waals surface area contributed by atoms with Crippen LogP contribution >= 0.6 is 11.8 Å². The van der Waals surface area contributed by atoms with Gasteiger partial charge in [0.2, 0.25) is 0 Å². The highest BCUT2D eigenvalue weighted by atomic mass is 32.2. The van der Waals surface area contributed by atoms with Crippen molar-refractivity contribution in [1.82, 2.24) is 20.2 Å². The number of nitrogens with zero attached hydrogens (tertiary/aromatic N) is 3. The summed E-state index contributed by atoms with van der Waals surface area (Å²) >= 11 is 1.87. The lowest BCUT2D eigenvalue weighted by Crippen LogP contribution is -2.40. The lowest BCUT2D eigenvalue weighted by Gasteiger charge is -2.16. The van der Waals surface area contributed by atoms with Crippen molar-refractivity contribution in [2.75, 3.05) is 13.1 Å². The van der Waals surface area contributed by atoms with Gasteiger partial charge in [0.05, 0.1) is 12.9 Å². The van der Waals surface area contributed by atoms with Gasteiger partial charge in [0, 0.05) is 42.2 Å². The first-order chi connectivity index (χ1) is 14.2. The molecule has 0 saturated carbocycles. The Bertz CT molecular complexity index is 860. The van der Waals surface area contributed by atoms with E-state index in [2.05, 4.69) is 82.6 Å². The summed E-state index contributed by atoms with van der Waals surface area (Å²) in [5, 5.41) is 7.24. The molecule has 1 heterocycles. The summed E-state index contributed by atoms with van der Waals surface area (Å²) in [6.07, 6.45) is 5.62. The van der Waals surface area contributed by atoms with Gasteiger partial charge in [-0.25, -0.2) is 9.98 Å². The lowest BCUT2D eigenvalue weighted by atomic mass is 10.1. The van der Waals surface area contributed by atoms with Crippen LogP contribution in [0.1, 0.15) is 25.0 Å². The maximum Gasteiger partial charge on any atom is 0.191 e. The first-order valence-electron chi connectivity index (χ1n) is 10.0. The van der Waals surface area contributed by atoms with Crippen molar-refractivity contribution in [2.45, 2.75) is 37.1 Å². The van der Waals surface area contributed by atoms with Crippen LogP contribution in [0.2, 0.25) is 0 Å². The number of imidazole rings is 1. The van der Waals surface area contributed by atoms with Crippen LogP contribution in [0, 0.1) is 0 Å². The van der Waals surface area contributed by atoms with E-state index in [0.29, 0.717) is 11.8 Å². The predicted molar refractivity (Wildman–Crippen MR) is 122 cm³/mol. The minimum atomic E-state index is 0.448. The number of rotatable bonds is 9. The van der Waals surface area contributed by atoms with Gasteiger partial charge in [0.25, 0.3) is 0 Å². The molecule has 0 aliphatic carbocycles. The van der Waals surface area contributed by atoms with Crippen molar-refractivity contribution in [2.24, 2.45) is 4.99 Å². The van der Waals surface area contributed by atoms with Crippen LogP contribution in [-0.4, -0.2) is 33.9 Å². The van der Waals surface area contributed by atoms with Gasteiger partial charge in [0.15, 0.2) is 5.96 Å². The summed E-state index contributed by atoms with van der Waals surface area (Å²) in [7, 11) is 0. The normalized spacial score (nSPS) is 12.6. The Balaban J connectivity index is 1.50. The van der Waals surface area contributed by atoms with Crippen LogP contribution in [0.15, 0.2) is 83.2 Å². The first kappa shape index (κ1) is 21.0. The van der Waals surface area contributed by atoms with E-state index in [1.165, 1.54) is 16.0 Å². The average molecular weight is 408 g/mol. The van der Waals surface area contributed by atoms with Crippen LogP contribution in [0.25, 0.3) is 0 Å². The van der Waals surface area contributed by atoms with E-state index in [4.69, 9.17) is 4.99 Å². The molecule has 2 N–H and O–H groups in total. The number of benzene rings is 2. The van der Waals surface area contributed by atoms with Gasteiger partial charge in [-0.15, -0.1) is 11.8 Å². The highest BCUT2D eigenvalue weighted by Crippen LogP contribution is 2.21. The summed E-state index contributed by atoms with van der Waals surface area (Å²) in [5.41, 5.74) is 2.45. The van der Waals surface area contributed by atoms with E-state index < -0.39 is 0 Å². The molecule has 3 rings (SSSR count). The second kappa shape index (κ2) is 11.3. The number of hydrogen-bond acceptors (Lipinski definition) is 3. The number of aromatic nitrogens is 2. The van der Waals surface area contributed by atoms with Crippen LogP contribution in [0.5, 0.6) is 0 Å². The van der Waals surface area contributed by atoms with Crippen molar-refractivity contribution >= 4 is 17.7 Å². The molecule has 3 aromatic rings. The van der Waals surface area contributed by atoms with Crippen molar-refractivity contribution in [3.8, 4) is 0 Å². The fourth-order valence-corrected chi connectivity index (χ4v) is 3.81. The Kier molecular flexibility index (Phi) is 8.19. The van der Waals surface area contributed by atoms with Gasteiger partial charge < -0.3 is 15.2 Å². The number of thioether (sulfide) groups is 1. The molecule has 0 spiro atoms. The van der Waals surface area contributed by atoms with Crippen LogP contribution < -0.4 is 10.6 Å². The maximum absolute atomic E-state index is 4.74. The van der Waals surface area contributed by atoms with E-state index in [-0.39, 0.29) is 0 Å². The van der Waals surface area contributed by atoms with Crippen LogP contribution in [-0.2, 0) is 13.1 Å². The second-order valence-electron chi connectivity index (χ2n) is 6.87. The molecule has 0 amide bonds. The van der Waals surface area contributed by atoms with Gasteiger partial charge >= 0.3 is 0 Å². The fourth-order valence-electron chi connectivity index (χ4n) is 2.87. The molecule has 0 fully saturated rings. The van der Waals surface area contributed by atoms with E-state index in [9.17, 15) is 0 Å². The summed E-state index contributed by atoms with van der Waals surface area (Å²) in [4.78, 5) is 10.1. The predicted octanol–water partition coefficient (Wildman–Crippen LogP) is 4.17. The zero-order valence-electron chi connectivity index (χ0n) is 17.1. The van der Waals surface area contributed by atoms with Crippen molar-refractivity contribution in [3.05, 3.63) is 84.4 Å². The summed E-state index contributed by atoms with van der Waals surface area (Å²) in [5.74, 6) is 0.857. The van der Waals surface area contributed by atoms with Crippen LogP contribution in [0.4, 0.5) is 0 Å². The molecule has 2 aromatic carbocycles. The molecule has 1 aromatic heterocycles. The molecule has 29 heavy (non-hydrogen) atoms. The van der Waals surface area contributed by atoms with E-state index in [0.717, 1.165) is 25.6 Å². The smallest absolute Gasteiger partial charge is 0.191 e. The molecule has 1 atom stereocenters. The third kappa shape index (κ3) is 7.31. The highest BCUT2D eigenvalue weighted by Gasteiger charge is 2.06. The molecule has 1 unspecified atom stereocenters. The first-order valence-corrected chi connectivity index (χ1v) is 10.9. The number of aliphatic imine (C=N–C) groups is 1. The Morgan fingerprint density at radius 1 is 1.07 bits per heavy atom. The zero-order valence-corrected chi connectivity index (χ0v) is 17.9. The third-order valence-electron chi connectivity index (χ3n) is 4.35. The Labute approximate surface area is 177 Å². The van der Waals surface area contributed by atoms with Crippen molar-refractivity contribution in [1.29, 1.82) is 0 Å². The van der Waals surface area contributed by atoms with Crippen LogP contribution in [0.3, 0.4) is 0 Å². The van der Waals surface area contributed by atoms with Gasteiger partial charge in [-0.05, 0) is 30.2 Å². The molecular weight excluding hydrogens is 378 g/mol. The molecule has 0 aliphatic rings. The lowest BCUT2D eigenvalue weighted by molar-refractivity contribution is 0.792. The van der Waals surface area contributed by atoms with Crippen molar-refractivity contribution < 1.29 is 0 Å². The minimum absolute atomic E-state index is 0.448. The largest absolute Gasteiger partial charge is 0.357 e. The molecule has 152 valence electrons. The fraction of sp³-hybridized carbons (Fsp3) is 0.304. The third-order valence-corrected chi connectivity index (χ3v) is 5.46. The molecule has 0 bridgehead atoms. The Morgan fingerprint density at radius 2 is 1.83 bits per heavy atom. The number of guanidine groups is 1. The van der Waals surface area contributed by atoms with E-state index in [1.54, 1.807) is 6.20 Å². The summed E-state index contributed by atoms with van der Waals surface area (Å²) in [6.45, 7) is 7.51. The number of hydrogen-bond donors (Lipinski definition) is 2. The second-order valence-corrected chi connectivity index (χ2v) is 8.38. The van der Waals surface area contributed by atoms with E-state index in [1.807, 2.05) is 30.4 Å². The number of nitrogens with one attached hydrogen (secondary N) is 2. The Hall–Kier alpha value is -2.73. The molecule has 0 saturated heterocycles. The zero-order chi connectivity index (χ0) is 20.3. The van der Waals surface area contributed by atoms with Gasteiger partial charge in [-0.1, -0.05) is 49.4 Å². The average Bonchev–Trinajstić information content (AvgIpc) is 3.25. The molecule has 0 radical (unpaired) electrons. The Morgan fingerprint density at radius 3 is 2.52 bits per heavy atom. The standard InChI is InChI=1S/C23H29N5S/c1-3-25-23(26-15-19(2)29-22-7-5-4-6-8-22)27-16-20-9-11-21(12-10-20)17-28-14-13-24-18-28/h4-14,18-19H,3,15-17H2,1-2H3,(H2,25,26,27).